The van der Waals surface area contributed by atoms with E-state index >= 15 is 0 Å². The lowest BCUT2D eigenvalue weighted by Crippen LogP contribution is -1.89. The van der Waals surface area contributed by atoms with Gasteiger partial charge < -0.3 is 5.11 Å². The summed E-state index contributed by atoms with van der Waals surface area (Å²) in [5.74, 6) is 0.741. The van der Waals surface area contributed by atoms with Gasteiger partial charge in [0, 0.05) is 0 Å². The van der Waals surface area contributed by atoms with Crippen molar-refractivity contribution in [2.45, 2.75) is 33.1 Å². The van der Waals surface area contributed by atoms with Gasteiger partial charge in [-0.2, -0.15) is 0 Å². The lowest BCUT2D eigenvalue weighted by molar-refractivity contribution is 0.465. The molecule has 1 N–H and O–H groups in total. The third-order valence-corrected chi connectivity index (χ3v) is 3.32. The summed E-state index contributed by atoms with van der Waals surface area (Å²) in [5, 5.41) is 10.0. The molecular formula is C17H20O. The van der Waals surface area contributed by atoms with Gasteiger partial charge >= 0.3 is 0 Å². The van der Waals surface area contributed by atoms with E-state index in [1.165, 1.54) is 11.1 Å². The molecule has 2 aromatic rings. The molecule has 0 spiro atoms. The summed E-state index contributed by atoms with van der Waals surface area (Å²) < 4.78 is 0. The van der Waals surface area contributed by atoms with E-state index in [2.05, 4.69) is 51.1 Å². The zero-order valence-corrected chi connectivity index (χ0v) is 11.3. The average molecular weight is 240 g/mol. The molecule has 0 amide bonds. The predicted octanol–water partition coefficient (Wildman–Crippen LogP) is 4.75. The Morgan fingerprint density at radius 2 is 1.72 bits per heavy atom. The van der Waals surface area contributed by atoms with E-state index in [1.54, 1.807) is 0 Å². The number of phenolic OH excluding ortho intramolecular Hbond substituents is 1. The lowest BCUT2D eigenvalue weighted by atomic mass is 9.96. The summed E-state index contributed by atoms with van der Waals surface area (Å²) in [7, 11) is 0. The maximum atomic E-state index is 10.0. The number of phenols is 1. The van der Waals surface area contributed by atoms with Gasteiger partial charge in [-0.1, -0.05) is 57.2 Å². The van der Waals surface area contributed by atoms with Crippen LogP contribution in [0.1, 0.15) is 37.8 Å². The molecule has 1 nitrogen and oxygen atoms in total. The van der Waals surface area contributed by atoms with Crippen LogP contribution in [0.4, 0.5) is 0 Å². The summed E-state index contributed by atoms with van der Waals surface area (Å²) in [4.78, 5) is 0. The molecule has 0 heterocycles. The second kappa shape index (κ2) is 5.26. The summed E-state index contributed by atoms with van der Waals surface area (Å²) in [6.07, 6.45) is 1.03. The molecule has 18 heavy (non-hydrogen) atoms. The van der Waals surface area contributed by atoms with Crippen LogP contribution in [0, 0.1) is 0 Å². The molecule has 0 bridgehead atoms. The number of hydrogen-bond acceptors (Lipinski definition) is 1. The van der Waals surface area contributed by atoms with Crippen LogP contribution in [-0.4, -0.2) is 5.11 Å². The molecule has 0 saturated carbocycles. The first-order valence-corrected chi connectivity index (χ1v) is 6.54. The van der Waals surface area contributed by atoms with Crippen LogP contribution in [0.5, 0.6) is 5.75 Å². The maximum absolute atomic E-state index is 10.0. The Morgan fingerprint density at radius 3 is 2.33 bits per heavy atom. The fourth-order valence-electron chi connectivity index (χ4n) is 2.18. The second-order valence-electron chi connectivity index (χ2n) is 4.98. The minimum absolute atomic E-state index is 0.348. The molecule has 1 heteroatoms. The molecule has 94 valence electrons. The first kappa shape index (κ1) is 12.7. The normalized spacial score (nSPS) is 10.9. The molecule has 0 atom stereocenters. The molecule has 2 rings (SSSR count). The fraction of sp³-hybridized carbons (Fsp3) is 0.294. The van der Waals surface area contributed by atoms with Crippen LogP contribution in [-0.2, 0) is 6.42 Å². The van der Waals surface area contributed by atoms with E-state index in [1.807, 2.05) is 12.1 Å². The summed E-state index contributed by atoms with van der Waals surface area (Å²) in [6, 6.07) is 14.4. The van der Waals surface area contributed by atoms with E-state index in [0.717, 1.165) is 17.5 Å². The quantitative estimate of drug-likeness (QED) is 0.821. The Kier molecular flexibility index (Phi) is 3.71. The minimum atomic E-state index is 0.348. The van der Waals surface area contributed by atoms with Crippen LogP contribution in [0.15, 0.2) is 42.5 Å². The second-order valence-corrected chi connectivity index (χ2v) is 4.98. The van der Waals surface area contributed by atoms with E-state index in [-0.39, 0.29) is 0 Å². The standard InChI is InChI=1S/C17H20O/c1-4-13-6-5-7-14(10-13)15-8-9-16(12(2)3)17(18)11-15/h5-12,18H,4H2,1-3H3. The topological polar surface area (TPSA) is 20.2 Å². The number of aromatic hydroxyl groups is 1. The average Bonchev–Trinajstić information content (AvgIpc) is 2.38. The van der Waals surface area contributed by atoms with Crippen molar-refractivity contribution >= 4 is 0 Å². The predicted molar refractivity (Wildman–Crippen MR) is 77.0 cm³/mol. The highest BCUT2D eigenvalue weighted by Crippen LogP contribution is 2.31. The van der Waals surface area contributed by atoms with E-state index in [0.29, 0.717) is 11.7 Å². The first-order valence-electron chi connectivity index (χ1n) is 6.54. The molecule has 0 saturated heterocycles. The first-order chi connectivity index (χ1) is 8.61. The van der Waals surface area contributed by atoms with E-state index < -0.39 is 0 Å². The highest BCUT2D eigenvalue weighted by Gasteiger charge is 2.07. The molecular weight excluding hydrogens is 220 g/mol. The highest BCUT2D eigenvalue weighted by atomic mass is 16.3. The van der Waals surface area contributed by atoms with Gasteiger partial charge in [0.2, 0.25) is 0 Å². The molecule has 0 aliphatic heterocycles. The Morgan fingerprint density at radius 1 is 1.00 bits per heavy atom. The number of aryl methyl sites for hydroxylation is 1. The van der Waals surface area contributed by atoms with Crippen molar-refractivity contribution in [2.24, 2.45) is 0 Å². The number of hydrogen-bond donors (Lipinski definition) is 1. The lowest BCUT2D eigenvalue weighted by Gasteiger charge is -2.10. The van der Waals surface area contributed by atoms with E-state index in [9.17, 15) is 5.11 Å². The van der Waals surface area contributed by atoms with Crippen molar-refractivity contribution in [3.05, 3.63) is 53.6 Å². The zero-order valence-electron chi connectivity index (χ0n) is 11.3. The van der Waals surface area contributed by atoms with Crippen molar-refractivity contribution in [3.63, 3.8) is 0 Å². The number of rotatable bonds is 3. The molecule has 0 aliphatic rings. The minimum Gasteiger partial charge on any atom is -0.508 e. The van der Waals surface area contributed by atoms with Gasteiger partial charge in [-0.25, -0.2) is 0 Å². The Bertz CT molecular complexity index is 541. The van der Waals surface area contributed by atoms with Crippen LogP contribution in [0.3, 0.4) is 0 Å². The van der Waals surface area contributed by atoms with Crippen LogP contribution in [0.2, 0.25) is 0 Å². The van der Waals surface area contributed by atoms with Gasteiger partial charge in [-0.05, 0) is 40.7 Å². The fourth-order valence-corrected chi connectivity index (χ4v) is 2.18. The molecule has 2 aromatic carbocycles. The van der Waals surface area contributed by atoms with E-state index in [4.69, 9.17) is 0 Å². The Hall–Kier alpha value is -1.76. The van der Waals surface area contributed by atoms with Crippen molar-refractivity contribution < 1.29 is 5.11 Å². The van der Waals surface area contributed by atoms with Crippen molar-refractivity contribution in [3.8, 4) is 16.9 Å². The summed E-state index contributed by atoms with van der Waals surface area (Å²) in [5.41, 5.74) is 4.57. The van der Waals surface area contributed by atoms with Crippen molar-refractivity contribution in [1.29, 1.82) is 0 Å². The van der Waals surface area contributed by atoms with Gasteiger partial charge in [0.25, 0.3) is 0 Å². The SMILES string of the molecule is CCc1cccc(-c2ccc(C(C)C)c(O)c2)c1. The van der Waals surface area contributed by atoms with Gasteiger partial charge in [0.1, 0.15) is 5.75 Å². The molecule has 0 fully saturated rings. The Balaban J connectivity index is 2.42. The summed E-state index contributed by atoms with van der Waals surface area (Å²) in [6.45, 7) is 6.33. The molecule has 0 radical (unpaired) electrons. The molecule has 0 unspecified atom stereocenters. The van der Waals surface area contributed by atoms with Gasteiger partial charge in [0.15, 0.2) is 0 Å². The smallest absolute Gasteiger partial charge is 0.119 e. The van der Waals surface area contributed by atoms with Gasteiger partial charge in [0.05, 0.1) is 0 Å². The largest absolute Gasteiger partial charge is 0.508 e. The van der Waals surface area contributed by atoms with Crippen LogP contribution >= 0.6 is 0 Å². The van der Waals surface area contributed by atoms with Crippen LogP contribution in [0.25, 0.3) is 11.1 Å². The van der Waals surface area contributed by atoms with Gasteiger partial charge in [-0.3, -0.25) is 0 Å². The maximum Gasteiger partial charge on any atom is 0.119 e. The molecule has 0 aromatic heterocycles. The van der Waals surface area contributed by atoms with Gasteiger partial charge in [-0.15, -0.1) is 0 Å². The van der Waals surface area contributed by atoms with Crippen LogP contribution < -0.4 is 0 Å². The Labute approximate surface area is 109 Å². The third-order valence-electron chi connectivity index (χ3n) is 3.32. The number of benzene rings is 2. The molecule has 0 aliphatic carbocycles. The summed E-state index contributed by atoms with van der Waals surface area (Å²) >= 11 is 0. The van der Waals surface area contributed by atoms with Crippen molar-refractivity contribution in [2.75, 3.05) is 0 Å². The zero-order chi connectivity index (χ0) is 13.1. The van der Waals surface area contributed by atoms with Crippen molar-refractivity contribution in [1.82, 2.24) is 0 Å². The highest BCUT2D eigenvalue weighted by molar-refractivity contribution is 5.66. The third kappa shape index (κ3) is 2.56. The monoisotopic (exact) mass is 240 g/mol.